The summed E-state index contributed by atoms with van der Waals surface area (Å²) in [6.45, 7) is 6.01. The second-order valence-corrected chi connectivity index (χ2v) is 5.41. The first-order chi connectivity index (χ1) is 8.26. The van der Waals surface area contributed by atoms with Gasteiger partial charge in [0.25, 0.3) is 0 Å². The van der Waals surface area contributed by atoms with Gasteiger partial charge in [-0.3, -0.25) is 4.79 Å². The van der Waals surface area contributed by atoms with Crippen LogP contribution in [0.25, 0.3) is 0 Å². The van der Waals surface area contributed by atoms with Gasteiger partial charge in [-0.1, -0.05) is 0 Å². The molecule has 2 atom stereocenters. The minimum absolute atomic E-state index is 0.210. The monoisotopic (exact) mass is 259 g/mol. The number of rotatable bonds is 8. The third-order valence-electron chi connectivity index (χ3n) is 3.54. The predicted octanol–water partition coefficient (Wildman–Crippen LogP) is 0.410. The molecule has 0 radical (unpaired) electrons. The highest BCUT2D eigenvalue weighted by Crippen LogP contribution is 2.16. The molecule has 0 saturated heterocycles. The topological polar surface area (TPSA) is 44.8 Å². The maximum atomic E-state index is 11.8. The Morgan fingerprint density at radius 1 is 1.33 bits per heavy atom. The lowest BCUT2D eigenvalue weighted by Crippen LogP contribution is -2.52. The zero-order chi connectivity index (χ0) is 14.3. The average molecular weight is 259 g/mol. The first-order valence-corrected chi connectivity index (χ1v) is 6.39. The van der Waals surface area contributed by atoms with Gasteiger partial charge >= 0.3 is 5.97 Å². The van der Waals surface area contributed by atoms with Crippen molar-refractivity contribution >= 4 is 5.97 Å². The van der Waals surface area contributed by atoms with Crippen molar-refractivity contribution in [3.05, 3.63) is 0 Å². The molecule has 108 valence electrons. The number of esters is 1. The Balaban J connectivity index is 4.42. The summed E-state index contributed by atoms with van der Waals surface area (Å²) in [6, 6.07) is 0.307. The molecule has 5 nitrogen and oxygen atoms in total. The summed E-state index contributed by atoms with van der Waals surface area (Å²) in [5.41, 5.74) is -0.624. The molecule has 0 saturated carbocycles. The van der Waals surface area contributed by atoms with E-state index in [1.54, 1.807) is 7.05 Å². The number of carbonyl (C=O) groups is 1. The Hall–Kier alpha value is -0.650. The van der Waals surface area contributed by atoms with E-state index < -0.39 is 5.54 Å². The quantitative estimate of drug-likeness (QED) is 0.640. The fourth-order valence-corrected chi connectivity index (χ4v) is 1.84. The Morgan fingerprint density at radius 2 is 1.89 bits per heavy atom. The van der Waals surface area contributed by atoms with E-state index in [9.17, 15) is 4.79 Å². The molecule has 0 aromatic heterocycles. The number of hydrogen-bond acceptors (Lipinski definition) is 5. The lowest BCUT2D eigenvalue weighted by atomic mass is 9.93. The molecule has 0 heterocycles. The maximum Gasteiger partial charge on any atom is 0.325 e. The highest BCUT2D eigenvalue weighted by molar-refractivity contribution is 5.80. The van der Waals surface area contributed by atoms with Crippen LogP contribution in [0, 0.1) is 0 Å². The molecule has 0 aromatic rings. The van der Waals surface area contributed by atoms with Gasteiger partial charge in [0.1, 0.15) is 5.54 Å². The van der Waals surface area contributed by atoms with Gasteiger partial charge in [0, 0.05) is 19.1 Å². The molecule has 0 rings (SSSR count). The summed E-state index contributed by atoms with van der Waals surface area (Å²) in [4.78, 5) is 16.2. The van der Waals surface area contributed by atoms with E-state index >= 15 is 0 Å². The van der Waals surface area contributed by atoms with Crippen molar-refractivity contribution in [1.82, 2.24) is 15.1 Å². The number of likely N-dealkylation sites (N-methyl/N-ethyl adjacent to an activating group) is 3. The normalized spacial score (nSPS) is 16.7. The fraction of sp³-hybridized carbons (Fsp3) is 0.923. The van der Waals surface area contributed by atoms with E-state index in [-0.39, 0.29) is 5.97 Å². The zero-order valence-corrected chi connectivity index (χ0v) is 12.9. The molecule has 0 amide bonds. The Morgan fingerprint density at radius 3 is 2.28 bits per heavy atom. The van der Waals surface area contributed by atoms with Gasteiger partial charge in [-0.05, 0) is 48.5 Å². The Kier molecular flexibility index (Phi) is 7.43. The molecule has 0 bridgehead atoms. The van der Waals surface area contributed by atoms with Crippen LogP contribution in [-0.2, 0) is 9.53 Å². The van der Waals surface area contributed by atoms with E-state index in [2.05, 4.69) is 43.2 Å². The number of methoxy groups -OCH3 is 1. The van der Waals surface area contributed by atoms with Crippen molar-refractivity contribution in [3.8, 4) is 0 Å². The minimum Gasteiger partial charge on any atom is -0.468 e. The molecule has 5 heteroatoms. The fourth-order valence-electron chi connectivity index (χ4n) is 1.84. The number of ether oxygens (including phenoxy) is 1. The van der Waals surface area contributed by atoms with Gasteiger partial charge in [-0.2, -0.15) is 0 Å². The van der Waals surface area contributed by atoms with Gasteiger partial charge in [0.15, 0.2) is 0 Å². The van der Waals surface area contributed by atoms with Crippen LogP contribution in [0.4, 0.5) is 0 Å². The third kappa shape index (κ3) is 5.33. The smallest absolute Gasteiger partial charge is 0.325 e. The molecule has 0 aliphatic rings. The van der Waals surface area contributed by atoms with E-state index in [1.807, 2.05) is 6.92 Å². The average Bonchev–Trinajstić information content (AvgIpc) is 2.34. The minimum atomic E-state index is -0.624. The molecular formula is C13H29N3O2. The first-order valence-electron chi connectivity index (χ1n) is 6.39. The first kappa shape index (κ1) is 17.4. The lowest BCUT2D eigenvalue weighted by Gasteiger charge is -2.33. The number of hydrogen-bond donors (Lipinski definition) is 1. The van der Waals surface area contributed by atoms with Crippen LogP contribution in [0.3, 0.4) is 0 Å². The summed E-state index contributed by atoms with van der Waals surface area (Å²) in [5, 5.41) is 3.07. The zero-order valence-electron chi connectivity index (χ0n) is 12.9. The summed E-state index contributed by atoms with van der Waals surface area (Å²) in [7, 11) is 9.43. The van der Waals surface area contributed by atoms with Crippen molar-refractivity contribution in [2.75, 3.05) is 48.4 Å². The van der Waals surface area contributed by atoms with Crippen molar-refractivity contribution < 1.29 is 9.53 Å². The summed E-state index contributed by atoms with van der Waals surface area (Å²) >= 11 is 0. The van der Waals surface area contributed by atoms with Crippen LogP contribution in [0.2, 0.25) is 0 Å². The Bertz CT molecular complexity index is 259. The number of carbonyl (C=O) groups excluding carboxylic acids is 1. The lowest BCUT2D eigenvalue weighted by molar-refractivity contribution is -0.148. The van der Waals surface area contributed by atoms with Crippen molar-refractivity contribution in [2.45, 2.75) is 31.8 Å². The van der Waals surface area contributed by atoms with Crippen molar-refractivity contribution in [1.29, 1.82) is 0 Å². The van der Waals surface area contributed by atoms with Crippen LogP contribution in [0.1, 0.15) is 20.3 Å². The highest BCUT2D eigenvalue weighted by Gasteiger charge is 2.34. The van der Waals surface area contributed by atoms with Crippen LogP contribution in [0.5, 0.6) is 0 Å². The Labute approximate surface area is 111 Å². The van der Waals surface area contributed by atoms with Gasteiger partial charge in [-0.15, -0.1) is 0 Å². The van der Waals surface area contributed by atoms with Crippen molar-refractivity contribution in [2.24, 2.45) is 0 Å². The third-order valence-corrected chi connectivity index (χ3v) is 3.54. The second-order valence-electron chi connectivity index (χ2n) is 5.41. The SMILES string of the molecule is CNC(C)(CC(C)N(C)CCN(C)C)C(=O)OC. The van der Waals surface area contributed by atoms with Crippen LogP contribution < -0.4 is 5.32 Å². The van der Waals surface area contributed by atoms with E-state index in [0.29, 0.717) is 6.04 Å². The maximum absolute atomic E-state index is 11.8. The van der Waals surface area contributed by atoms with Crippen LogP contribution >= 0.6 is 0 Å². The van der Waals surface area contributed by atoms with Gasteiger partial charge in [0.05, 0.1) is 7.11 Å². The number of nitrogens with zero attached hydrogens (tertiary/aromatic N) is 2. The van der Waals surface area contributed by atoms with E-state index in [4.69, 9.17) is 4.74 Å². The summed E-state index contributed by atoms with van der Waals surface area (Å²) < 4.78 is 4.86. The predicted molar refractivity (Wildman–Crippen MR) is 74.7 cm³/mol. The molecule has 18 heavy (non-hydrogen) atoms. The molecule has 0 aliphatic carbocycles. The highest BCUT2D eigenvalue weighted by atomic mass is 16.5. The molecular weight excluding hydrogens is 230 g/mol. The molecule has 0 fully saturated rings. The molecule has 1 N–H and O–H groups in total. The largest absolute Gasteiger partial charge is 0.468 e. The summed E-state index contributed by atoms with van der Waals surface area (Å²) in [5.74, 6) is -0.210. The van der Waals surface area contributed by atoms with E-state index in [0.717, 1.165) is 19.5 Å². The standard InChI is InChI=1S/C13H29N3O2/c1-11(16(6)9-8-15(4)5)10-13(2,14-3)12(17)18-7/h11,14H,8-10H2,1-7H3. The molecule has 2 unspecified atom stereocenters. The summed E-state index contributed by atoms with van der Waals surface area (Å²) in [6.07, 6.45) is 0.722. The van der Waals surface area contributed by atoms with Crippen molar-refractivity contribution in [3.63, 3.8) is 0 Å². The molecule has 0 spiro atoms. The van der Waals surface area contributed by atoms with Gasteiger partial charge in [-0.25, -0.2) is 0 Å². The second kappa shape index (κ2) is 7.71. The number of nitrogens with one attached hydrogen (secondary N) is 1. The van der Waals surface area contributed by atoms with Gasteiger partial charge < -0.3 is 19.9 Å². The molecule has 0 aliphatic heterocycles. The van der Waals surface area contributed by atoms with Crippen LogP contribution in [0.15, 0.2) is 0 Å². The van der Waals surface area contributed by atoms with Crippen LogP contribution in [-0.4, -0.2) is 75.7 Å². The van der Waals surface area contributed by atoms with Gasteiger partial charge in [0.2, 0.25) is 0 Å². The van der Waals surface area contributed by atoms with E-state index in [1.165, 1.54) is 7.11 Å². The molecule has 0 aromatic carbocycles.